The van der Waals surface area contributed by atoms with Gasteiger partial charge in [0.25, 0.3) is 5.22 Å². The van der Waals surface area contributed by atoms with Crippen molar-refractivity contribution in [3.63, 3.8) is 0 Å². The summed E-state index contributed by atoms with van der Waals surface area (Å²) in [6.07, 6.45) is 0. The van der Waals surface area contributed by atoms with E-state index in [-0.39, 0.29) is 11.7 Å². The number of oxazole rings is 1. The molecule has 6 nitrogen and oxygen atoms in total. The Bertz CT molecular complexity index is 1420. The molecule has 5 rings (SSSR count). The number of benzene rings is 3. The zero-order chi connectivity index (χ0) is 22.6. The number of nitrogens with zero attached hydrogens (tertiary/aromatic N) is 1. The van der Waals surface area contributed by atoms with Crippen molar-refractivity contribution in [1.29, 1.82) is 0 Å². The Kier molecular flexibility index (Phi) is 5.78. The smallest absolute Gasteiger partial charge is 0.336 e. The Labute approximate surface area is 193 Å². The third kappa shape index (κ3) is 4.73. The van der Waals surface area contributed by atoms with Crippen molar-refractivity contribution >= 4 is 34.3 Å². The lowest BCUT2D eigenvalue weighted by atomic mass is 10.1. The normalized spacial score (nSPS) is 10.9. The van der Waals surface area contributed by atoms with E-state index >= 15 is 0 Å². The first-order chi connectivity index (χ1) is 16.2. The van der Waals surface area contributed by atoms with Crippen LogP contribution in [0, 0.1) is 0 Å². The molecule has 7 heteroatoms. The summed E-state index contributed by atoms with van der Waals surface area (Å²) in [6.45, 7) is 0. The molecule has 3 aromatic carbocycles. The van der Waals surface area contributed by atoms with Gasteiger partial charge in [-0.2, -0.15) is 0 Å². The van der Waals surface area contributed by atoms with Crippen LogP contribution in [0.3, 0.4) is 0 Å². The van der Waals surface area contributed by atoms with Crippen LogP contribution in [0.4, 0.5) is 5.69 Å². The van der Waals surface area contributed by atoms with E-state index < -0.39 is 5.63 Å². The molecular weight excluding hydrogens is 436 g/mol. The van der Waals surface area contributed by atoms with Crippen LogP contribution in [0.25, 0.3) is 33.6 Å². The summed E-state index contributed by atoms with van der Waals surface area (Å²) >= 11 is 1.23. The average Bonchev–Trinajstić information content (AvgIpc) is 3.28. The van der Waals surface area contributed by atoms with E-state index in [2.05, 4.69) is 10.3 Å². The topological polar surface area (TPSA) is 85.3 Å². The molecular formula is C26H18N2O4S. The minimum absolute atomic E-state index is 0.130. The fourth-order valence-corrected chi connectivity index (χ4v) is 4.04. The lowest BCUT2D eigenvalue weighted by Crippen LogP contribution is -2.14. The van der Waals surface area contributed by atoms with Crippen molar-refractivity contribution in [3.05, 3.63) is 101 Å². The first kappa shape index (κ1) is 20.8. The molecule has 2 aromatic heterocycles. The number of carbonyl (C=O) groups excluding carboxylic acids is 1. The lowest BCUT2D eigenvalue weighted by Gasteiger charge is -2.05. The van der Waals surface area contributed by atoms with Gasteiger partial charge in [-0.15, -0.1) is 0 Å². The Hall–Kier alpha value is -4.10. The van der Waals surface area contributed by atoms with Gasteiger partial charge in [-0.1, -0.05) is 72.4 Å². The Morgan fingerprint density at radius 2 is 1.58 bits per heavy atom. The first-order valence-corrected chi connectivity index (χ1v) is 11.2. The van der Waals surface area contributed by atoms with Gasteiger partial charge in [0, 0.05) is 28.3 Å². The fraction of sp³-hybridized carbons (Fsp3) is 0.0385. The molecule has 0 aliphatic heterocycles. The van der Waals surface area contributed by atoms with E-state index in [1.54, 1.807) is 24.3 Å². The van der Waals surface area contributed by atoms with Crippen LogP contribution in [0.15, 0.2) is 110 Å². The second-order valence-corrected chi connectivity index (χ2v) is 8.16. The van der Waals surface area contributed by atoms with Gasteiger partial charge in [-0.05, 0) is 24.3 Å². The molecule has 1 N–H and O–H groups in total. The number of rotatable bonds is 6. The van der Waals surface area contributed by atoms with Crippen LogP contribution in [0.2, 0.25) is 0 Å². The molecule has 0 fully saturated rings. The van der Waals surface area contributed by atoms with Gasteiger partial charge in [0.1, 0.15) is 11.3 Å². The Morgan fingerprint density at radius 3 is 2.33 bits per heavy atom. The summed E-state index contributed by atoms with van der Waals surface area (Å²) < 4.78 is 11.2. The number of fused-ring (bicyclic) bond motifs is 1. The highest BCUT2D eigenvalue weighted by Gasteiger charge is 2.18. The maximum Gasteiger partial charge on any atom is 0.336 e. The number of hydrogen-bond donors (Lipinski definition) is 1. The molecule has 5 aromatic rings. The van der Waals surface area contributed by atoms with Crippen molar-refractivity contribution in [1.82, 2.24) is 4.98 Å². The molecule has 0 radical (unpaired) electrons. The predicted octanol–water partition coefficient (Wildman–Crippen LogP) is 5.85. The van der Waals surface area contributed by atoms with Gasteiger partial charge in [0.15, 0.2) is 5.76 Å². The molecule has 33 heavy (non-hydrogen) atoms. The molecule has 0 aliphatic carbocycles. The number of nitrogens with one attached hydrogen (secondary N) is 1. The van der Waals surface area contributed by atoms with Gasteiger partial charge in [-0.3, -0.25) is 4.79 Å². The number of amides is 1. The van der Waals surface area contributed by atoms with Crippen molar-refractivity contribution in [2.75, 3.05) is 11.1 Å². The zero-order valence-corrected chi connectivity index (χ0v) is 18.2. The molecule has 0 saturated carbocycles. The SMILES string of the molecule is O=C(CSc1nc(-c2ccccc2)c(-c2ccccc2)o1)Nc1ccc2oc(=O)ccc2c1. The highest BCUT2D eigenvalue weighted by Crippen LogP contribution is 2.35. The van der Waals surface area contributed by atoms with E-state index in [4.69, 9.17) is 8.83 Å². The minimum atomic E-state index is -0.411. The van der Waals surface area contributed by atoms with Crippen LogP contribution < -0.4 is 10.9 Å². The summed E-state index contributed by atoms with van der Waals surface area (Å²) in [5.74, 6) is 0.600. The summed E-state index contributed by atoms with van der Waals surface area (Å²) in [5, 5.41) is 4.00. The summed E-state index contributed by atoms with van der Waals surface area (Å²) in [6, 6.07) is 27.7. The molecule has 0 atom stereocenters. The molecule has 162 valence electrons. The molecule has 2 heterocycles. The van der Waals surface area contributed by atoms with Crippen molar-refractivity contribution in [2.45, 2.75) is 5.22 Å². The lowest BCUT2D eigenvalue weighted by molar-refractivity contribution is -0.113. The quantitative estimate of drug-likeness (QED) is 0.256. The van der Waals surface area contributed by atoms with Gasteiger partial charge in [-0.25, -0.2) is 9.78 Å². The zero-order valence-electron chi connectivity index (χ0n) is 17.4. The van der Waals surface area contributed by atoms with Crippen LogP contribution in [-0.2, 0) is 4.79 Å². The standard InChI is InChI=1S/C26H18N2O4S/c29-22(27-20-12-13-21-19(15-20)11-14-23(30)31-21)16-33-26-28-24(17-7-3-1-4-8-17)25(32-26)18-9-5-2-6-10-18/h1-15H,16H2,(H,27,29). The van der Waals surface area contributed by atoms with E-state index in [9.17, 15) is 9.59 Å². The average molecular weight is 455 g/mol. The summed E-state index contributed by atoms with van der Waals surface area (Å²) in [4.78, 5) is 28.5. The van der Waals surface area contributed by atoms with Gasteiger partial charge in [0.2, 0.25) is 5.91 Å². The second-order valence-electron chi connectivity index (χ2n) is 7.23. The minimum Gasteiger partial charge on any atom is -0.431 e. The Morgan fingerprint density at radius 1 is 0.848 bits per heavy atom. The highest BCUT2D eigenvalue weighted by atomic mass is 32.2. The van der Waals surface area contributed by atoms with Crippen LogP contribution >= 0.6 is 11.8 Å². The first-order valence-electron chi connectivity index (χ1n) is 10.2. The molecule has 0 unspecified atom stereocenters. The van der Waals surface area contributed by atoms with Crippen LogP contribution in [0.5, 0.6) is 0 Å². The third-order valence-corrected chi connectivity index (χ3v) is 5.75. The van der Waals surface area contributed by atoms with Crippen LogP contribution in [-0.4, -0.2) is 16.6 Å². The molecule has 1 amide bonds. The maximum atomic E-state index is 12.5. The number of hydrogen-bond acceptors (Lipinski definition) is 6. The van der Waals surface area contributed by atoms with Crippen molar-refractivity contribution in [3.8, 4) is 22.6 Å². The number of aromatic nitrogens is 1. The van der Waals surface area contributed by atoms with Gasteiger partial charge >= 0.3 is 5.63 Å². The summed E-state index contributed by atoms with van der Waals surface area (Å²) in [7, 11) is 0. The predicted molar refractivity (Wildman–Crippen MR) is 129 cm³/mol. The second kappa shape index (κ2) is 9.18. The number of anilines is 1. The van der Waals surface area contributed by atoms with Crippen molar-refractivity contribution < 1.29 is 13.6 Å². The largest absolute Gasteiger partial charge is 0.431 e. The van der Waals surface area contributed by atoms with Crippen LogP contribution in [0.1, 0.15) is 0 Å². The van der Waals surface area contributed by atoms with Crippen molar-refractivity contribution in [2.24, 2.45) is 0 Å². The molecule has 0 bridgehead atoms. The van der Waals surface area contributed by atoms with E-state index in [1.165, 1.54) is 17.8 Å². The van der Waals surface area contributed by atoms with E-state index in [0.717, 1.165) is 22.2 Å². The van der Waals surface area contributed by atoms with E-state index in [1.807, 2.05) is 60.7 Å². The van der Waals surface area contributed by atoms with Gasteiger partial charge < -0.3 is 14.2 Å². The van der Waals surface area contributed by atoms with Gasteiger partial charge in [0.05, 0.1) is 5.75 Å². The fourth-order valence-electron chi connectivity index (χ4n) is 3.41. The highest BCUT2D eigenvalue weighted by molar-refractivity contribution is 7.99. The summed E-state index contributed by atoms with van der Waals surface area (Å²) in [5.41, 5.74) is 3.27. The molecule has 0 aliphatic rings. The van der Waals surface area contributed by atoms with E-state index in [0.29, 0.717) is 22.3 Å². The molecule has 0 spiro atoms. The Balaban J connectivity index is 1.33. The number of carbonyl (C=O) groups is 1. The molecule has 0 saturated heterocycles. The number of thioether (sulfide) groups is 1. The maximum absolute atomic E-state index is 12.5. The third-order valence-electron chi connectivity index (χ3n) is 4.92. The monoisotopic (exact) mass is 454 g/mol.